The molecule has 0 fully saturated rings. The summed E-state index contributed by atoms with van der Waals surface area (Å²) < 4.78 is 18.5. The maximum Gasteiger partial charge on any atom is 0.267 e. The van der Waals surface area contributed by atoms with E-state index in [0.29, 0.717) is 17.0 Å². The van der Waals surface area contributed by atoms with Gasteiger partial charge in [0.2, 0.25) is 0 Å². The molecule has 0 bridgehead atoms. The summed E-state index contributed by atoms with van der Waals surface area (Å²) in [5.74, 6) is -0.358. The number of carbonyl (C=O) groups is 2. The molecule has 4 nitrogen and oxygen atoms in total. The van der Waals surface area contributed by atoms with Gasteiger partial charge in [0, 0.05) is 11.3 Å². The zero-order chi connectivity index (χ0) is 17.0. The number of Topliss-reactive ketones (excluding diaryl/α,β-unsaturated/α-hetero) is 1. The van der Waals surface area contributed by atoms with Gasteiger partial charge in [0.1, 0.15) is 11.6 Å². The zero-order valence-corrected chi connectivity index (χ0v) is 13.2. The fourth-order valence-electron chi connectivity index (χ4n) is 1.91. The van der Waals surface area contributed by atoms with Gasteiger partial charge in [0.05, 0.1) is 0 Å². The lowest BCUT2D eigenvalue weighted by atomic mass is 10.1. The molecule has 0 aromatic heterocycles. The highest BCUT2D eigenvalue weighted by atomic mass is 19.1. The summed E-state index contributed by atoms with van der Waals surface area (Å²) in [7, 11) is 0. The maximum atomic E-state index is 12.9. The highest BCUT2D eigenvalue weighted by Gasteiger charge is 2.30. The van der Waals surface area contributed by atoms with E-state index in [-0.39, 0.29) is 17.5 Å². The number of hydrogen-bond donors (Lipinski definition) is 1. The number of halogens is 1. The molecule has 0 spiro atoms. The maximum absolute atomic E-state index is 12.9. The number of rotatable bonds is 5. The quantitative estimate of drug-likeness (QED) is 0.853. The third-order valence-electron chi connectivity index (χ3n) is 3.28. The molecule has 0 atom stereocenters. The van der Waals surface area contributed by atoms with Crippen molar-refractivity contribution in [3.63, 3.8) is 0 Å². The van der Waals surface area contributed by atoms with E-state index in [1.54, 1.807) is 38.1 Å². The van der Waals surface area contributed by atoms with Gasteiger partial charge in [-0.05, 0) is 69.3 Å². The van der Waals surface area contributed by atoms with Crippen molar-refractivity contribution >= 4 is 17.4 Å². The van der Waals surface area contributed by atoms with Crippen LogP contribution in [0.1, 0.15) is 31.1 Å². The molecule has 0 unspecified atom stereocenters. The van der Waals surface area contributed by atoms with Crippen LogP contribution < -0.4 is 10.1 Å². The SMILES string of the molecule is CC(=O)c1ccc(NC(=O)C(C)(C)Oc2ccc(F)cc2)cc1. The molecule has 0 aliphatic heterocycles. The summed E-state index contributed by atoms with van der Waals surface area (Å²) in [4.78, 5) is 23.6. The second kappa shape index (κ2) is 6.60. The molecule has 2 rings (SSSR count). The Balaban J connectivity index is 2.05. The minimum absolute atomic E-state index is 0.0390. The van der Waals surface area contributed by atoms with Crippen molar-refractivity contribution in [1.82, 2.24) is 0 Å². The Morgan fingerprint density at radius 3 is 2.09 bits per heavy atom. The Kier molecular flexibility index (Phi) is 4.79. The summed E-state index contributed by atoms with van der Waals surface area (Å²) in [5.41, 5.74) is -0.00234. The van der Waals surface area contributed by atoms with E-state index in [1.165, 1.54) is 31.2 Å². The number of anilines is 1. The lowest BCUT2D eigenvalue weighted by Gasteiger charge is -2.25. The summed E-state index contributed by atoms with van der Waals surface area (Å²) in [6.45, 7) is 4.72. The second-order valence-corrected chi connectivity index (χ2v) is 5.65. The smallest absolute Gasteiger partial charge is 0.267 e. The third kappa shape index (κ3) is 4.39. The van der Waals surface area contributed by atoms with Gasteiger partial charge in [0.15, 0.2) is 11.4 Å². The topological polar surface area (TPSA) is 55.4 Å². The molecular formula is C18H18FNO3. The number of ketones is 1. The van der Waals surface area contributed by atoms with Crippen molar-refractivity contribution in [2.75, 3.05) is 5.32 Å². The van der Waals surface area contributed by atoms with E-state index >= 15 is 0 Å². The number of hydrogen-bond acceptors (Lipinski definition) is 3. The van der Waals surface area contributed by atoms with Crippen LogP contribution in [0.5, 0.6) is 5.75 Å². The van der Waals surface area contributed by atoms with Crippen LogP contribution in [-0.2, 0) is 4.79 Å². The summed E-state index contributed by atoms with van der Waals surface area (Å²) in [5, 5.41) is 2.73. The first-order chi connectivity index (χ1) is 10.8. The van der Waals surface area contributed by atoms with Gasteiger partial charge < -0.3 is 10.1 Å². The van der Waals surface area contributed by atoms with E-state index in [1.807, 2.05) is 0 Å². The molecule has 5 heteroatoms. The molecule has 2 aromatic rings. The predicted molar refractivity (Wildman–Crippen MR) is 86.2 cm³/mol. The first-order valence-corrected chi connectivity index (χ1v) is 7.15. The number of ether oxygens (including phenoxy) is 1. The second-order valence-electron chi connectivity index (χ2n) is 5.65. The molecule has 120 valence electrons. The highest BCUT2D eigenvalue weighted by molar-refractivity contribution is 5.98. The summed E-state index contributed by atoms with van der Waals surface area (Å²) in [6, 6.07) is 12.1. The first-order valence-electron chi connectivity index (χ1n) is 7.15. The third-order valence-corrected chi connectivity index (χ3v) is 3.28. The molecule has 0 aliphatic rings. The van der Waals surface area contributed by atoms with Crippen LogP contribution in [0.25, 0.3) is 0 Å². The van der Waals surface area contributed by atoms with E-state index < -0.39 is 5.60 Å². The molecule has 1 N–H and O–H groups in total. The van der Waals surface area contributed by atoms with E-state index in [2.05, 4.69) is 5.32 Å². The summed E-state index contributed by atoms with van der Waals surface area (Å²) in [6.07, 6.45) is 0. The lowest BCUT2D eigenvalue weighted by molar-refractivity contribution is -0.128. The van der Waals surface area contributed by atoms with Crippen LogP contribution in [0.4, 0.5) is 10.1 Å². The monoisotopic (exact) mass is 315 g/mol. The Morgan fingerprint density at radius 1 is 1.00 bits per heavy atom. The average molecular weight is 315 g/mol. The Labute approximate surface area is 134 Å². The minimum Gasteiger partial charge on any atom is -0.478 e. The Bertz CT molecular complexity index is 706. The van der Waals surface area contributed by atoms with E-state index in [9.17, 15) is 14.0 Å². The van der Waals surface area contributed by atoms with Gasteiger partial charge >= 0.3 is 0 Å². The van der Waals surface area contributed by atoms with Gasteiger partial charge in [0.25, 0.3) is 5.91 Å². The van der Waals surface area contributed by atoms with Gasteiger partial charge in [-0.25, -0.2) is 4.39 Å². The number of benzene rings is 2. The van der Waals surface area contributed by atoms with E-state index in [0.717, 1.165) is 0 Å². The molecule has 0 radical (unpaired) electrons. The van der Waals surface area contributed by atoms with Crippen LogP contribution in [0.3, 0.4) is 0 Å². The molecule has 2 aromatic carbocycles. The Morgan fingerprint density at radius 2 is 1.57 bits per heavy atom. The van der Waals surface area contributed by atoms with Gasteiger partial charge in [-0.3, -0.25) is 9.59 Å². The normalized spacial score (nSPS) is 11.0. The van der Waals surface area contributed by atoms with Crippen LogP contribution in [0, 0.1) is 5.82 Å². The van der Waals surface area contributed by atoms with Crippen LogP contribution in [0.2, 0.25) is 0 Å². The van der Waals surface area contributed by atoms with Gasteiger partial charge in [-0.15, -0.1) is 0 Å². The van der Waals surface area contributed by atoms with Crippen molar-refractivity contribution in [1.29, 1.82) is 0 Å². The van der Waals surface area contributed by atoms with Gasteiger partial charge in [-0.1, -0.05) is 0 Å². The molecule has 1 amide bonds. The largest absolute Gasteiger partial charge is 0.478 e. The van der Waals surface area contributed by atoms with Crippen molar-refractivity contribution in [3.8, 4) is 5.75 Å². The van der Waals surface area contributed by atoms with Crippen LogP contribution >= 0.6 is 0 Å². The van der Waals surface area contributed by atoms with E-state index in [4.69, 9.17) is 4.74 Å². The molecule has 23 heavy (non-hydrogen) atoms. The minimum atomic E-state index is -1.14. The van der Waals surface area contributed by atoms with Crippen molar-refractivity contribution in [3.05, 3.63) is 59.9 Å². The number of amides is 1. The molecule has 0 aliphatic carbocycles. The lowest BCUT2D eigenvalue weighted by Crippen LogP contribution is -2.42. The van der Waals surface area contributed by atoms with Gasteiger partial charge in [-0.2, -0.15) is 0 Å². The van der Waals surface area contributed by atoms with Crippen LogP contribution in [0.15, 0.2) is 48.5 Å². The average Bonchev–Trinajstić information content (AvgIpc) is 2.50. The standard InChI is InChI=1S/C18H18FNO3/c1-12(21)13-4-8-15(9-5-13)20-17(22)18(2,3)23-16-10-6-14(19)7-11-16/h4-11H,1-3H3,(H,20,22). The number of carbonyl (C=O) groups excluding carboxylic acids is 2. The zero-order valence-electron chi connectivity index (χ0n) is 13.2. The molecule has 0 saturated heterocycles. The Hall–Kier alpha value is -2.69. The summed E-state index contributed by atoms with van der Waals surface area (Å²) >= 11 is 0. The first kappa shape index (κ1) is 16.7. The predicted octanol–water partition coefficient (Wildman–Crippen LogP) is 3.82. The van der Waals surface area contributed by atoms with Crippen LogP contribution in [-0.4, -0.2) is 17.3 Å². The highest BCUT2D eigenvalue weighted by Crippen LogP contribution is 2.20. The fourth-order valence-corrected chi connectivity index (χ4v) is 1.91. The molecule has 0 heterocycles. The molecule has 0 saturated carbocycles. The van der Waals surface area contributed by atoms with Crippen molar-refractivity contribution in [2.24, 2.45) is 0 Å². The molecular weight excluding hydrogens is 297 g/mol. The number of nitrogens with one attached hydrogen (secondary N) is 1. The van der Waals surface area contributed by atoms with Crippen molar-refractivity contribution in [2.45, 2.75) is 26.4 Å². The fraction of sp³-hybridized carbons (Fsp3) is 0.222. The van der Waals surface area contributed by atoms with Crippen molar-refractivity contribution < 1.29 is 18.7 Å².